The summed E-state index contributed by atoms with van der Waals surface area (Å²) < 4.78 is 18.6. The molecule has 1 saturated heterocycles. The number of nitrogens with one attached hydrogen (secondary N) is 1. The fraction of sp³-hybridized carbons (Fsp3) is 0.556. The van der Waals surface area contributed by atoms with Crippen molar-refractivity contribution >= 4 is 0 Å². The van der Waals surface area contributed by atoms with Crippen LogP contribution in [0.3, 0.4) is 0 Å². The Hall–Kier alpha value is -1.23. The third-order valence-electron chi connectivity index (χ3n) is 2.15. The van der Waals surface area contributed by atoms with Gasteiger partial charge in [0.2, 0.25) is 0 Å². The van der Waals surface area contributed by atoms with Gasteiger partial charge in [0.05, 0.1) is 0 Å². The zero-order valence-corrected chi connectivity index (χ0v) is 7.69. The first-order valence-corrected chi connectivity index (χ1v) is 4.65. The normalized spacial score (nSPS) is 27.2. The number of alkyl halides is 1. The van der Waals surface area contributed by atoms with Crippen molar-refractivity contribution in [3.8, 4) is 6.01 Å². The highest BCUT2D eigenvalue weighted by atomic mass is 19.1. The highest BCUT2D eigenvalue weighted by molar-refractivity contribution is 4.96. The number of hydrogen-bond donors (Lipinski definition) is 1. The van der Waals surface area contributed by atoms with Gasteiger partial charge in [-0.3, -0.25) is 0 Å². The predicted molar refractivity (Wildman–Crippen MR) is 48.8 cm³/mol. The Kier molecular flexibility index (Phi) is 2.88. The molecule has 14 heavy (non-hydrogen) atoms. The van der Waals surface area contributed by atoms with E-state index in [9.17, 15) is 4.39 Å². The first-order valence-electron chi connectivity index (χ1n) is 4.65. The van der Waals surface area contributed by atoms with Crippen LogP contribution in [0.4, 0.5) is 4.39 Å². The summed E-state index contributed by atoms with van der Waals surface area (Å²) in [5.41, 5.74) is 0. The minimum Gasteiger partial charge on any atom is -0.457 e. The van der Waals surface area contributed by atoms with E-state index in [1.807, 2.05) is 0 Å². The van der Waals surface area contributed by atoms with E-state index < -0.39 is 12.3 Å². The maximum Gasteiger partial charge on any atom is 0.316 e. The van der Waals surface area contributed by atoms with Crippen LogP contribution in [0.5, 0.6) is 6.01 Å². The Morgan fingerprint density at radius 1 is 1.43 bits per heavy atom. The maximum atomic E-state index is 13.3. The van der Waals surface area contributed by atoms with Gasteiger partial charge < -0.3 is 10.1 Å². The molecular weight excluding hydrogens is 185 g/mol. The molecule has 1 aliphatic heterocycles. The first kappa shape index (κ1) is 9.33. The van der Waals surface area contributed by atoms with Gasteiger partial charge in [-0.15, -0.1) is 0 Å². The zero-order chi connectivity index (χ0) is 9.80. The number of aromatic nitrogens is 2. The molecule has 0 spiro atoms. The van der Waals surface area contributed by atoms with Gasteiger partial charge in [-0.05, 0) is 19.0 Å². The number of piperidine rings is 1. The molecule has 0 radical (unpaired) electrons. The maximum absolute atomic E-state index is 13.3. The summed E-state index contributed by atoms with van der Waals surface area (Å²) in [7, 11) is 0. The largest absolute Gasteiger partial charge is 0.457 e. The van der Waals surface area contributed by atoms with Crippen LogP contribution in [-0.4, -0.2) is 35.3 Å². The second-order valence-electron chi connectivity index (χ2n) is 3.20. The lowest BCUT2D eigenvalue weighted by molar-refractivity contribution is 0.0652. The average molecular weight is 197 g/mol. The molecule has 1 aromatic heterocycles. The number of ether oxygens (including phenoxy) is 1. The number of halogens is 1. The lowest BCUT2D eigenvalue weighted by Crippen LogP contribution is -2.44. The molecule has 2 atom stereocenters. The van der Waals surface area contributed by atoms with Gasteiger partial charge in [-0.25, -0.2) is 14.4 Å². The molecule has 0 aromatic carbocycles. The molecule has 1 fully saturated rings. The van der Waals surface area contributed by atoms with Crippen molar-refractivity contribution in [3.05, 3.63) is 18.5 Å². The SMILES string of the molecule is F[C@@H]1CNCC[C@@H]1Oc1ncccn1. The van der Waals surface area contributed by atoms with E-state index in [0.717, 1.165) is 6.54 Å². The number of hydrogen-bond acceptors (Lipinski definition) is 4. The van der Waals surface area contributed by atoms with Gasteiger partial charge >= 0.3 is 6.01 Å². The standard InChI is InChI=1S/C9H12FN3O/c10-7-6-11-5-2-8(7)14-9-12-3-1-4-13-9/h1,3-4,7-8,11H,2,5-6H2/t7-,8+/m1/s1. The number of rotatable bonds is 2. The zero-order valence-electron chi connectivity index (χ0n) is 7.69. The molecule has 2 rings (SSSR count). The molecule has 0 amide bonds. The van der Waals surface area contributed by atoms with E-state index in [-0.39, 0.29) is 6.01 Å². The van der Waals surface area contributed by atoms with Crippen LogP contribution in [-0.2, 0) is 0 Å². The summed E-state index contributed by atoms with van der Waals surface area (Å²) in [6.45, 7) is 1.12. The smallest absolute Gasteiger partial charge is 0.316 e. The van der Waals surface area contributed by atoms with Crippen molar-refractivity contribution in [2.24, 2.45) is 0 Å². The van der Waals surface area contributed by atoms with Crippen molar-refractivity contribution < 1.29 is 9.13 Å². The summed E-state index contributed by atoms with van der Waals surface area (Å²) in [4.78, 5) is 7.77. The molecule has 0 bridgehead atoms. The van der Waals surface area contributed by atoms with Gasteiger partial charge in [0.25, 0.3) is 0 Å². The molecule has 2 heterocycles. The second kappa shape index (κ2) is 4.32. The molecule has 0 aliphatic carbocycles. The van der Waals surface area contributed by atoms with E-state index in [4.69, 9.17) is 4.74 Å². The average Bonchev–Trinajstić information content (AvgIpc) is 2.23. The van der Waals surface area contributed by atoms with E-state index in [0.29, 0.717) is 13.0 Å². The van der Waals surface area contributed by atoms with E-state index in [1.165, 1.54) is 0 Å². The minimum atomic E-state index is -0.979. The van der Waals surface area contributed by atoms with E-state index >= 15 is 0 Å². The first-order chi connectivity index (χ1) is 6.86. The highest BCUT2D eigenvalue weighted by Crippen LogP contribution is 2.13. The summed E-state index contributed by atoms with van der Waals surface area (Å²) in [5.74, 6) is 0. The molecule has 1 N–H and O–H groups in total. The summed E-state index contributed by atoms with van der Waals surface area (Å²) in [6, 6.07) is 1.95. The molecule has 5 heteroatoms. The second-order valence-corrected chi connectivity index (χ2v) is 3.20. The van der Waals surface area contributed by atoms with Crippen LogP contribution in [0.25, 0.3) is 0 Å². The van der Waals surface area contributed by atoms with Crippen LogP contribution < -0.4 is 10.1 Å². The van der Waals surface area contributed by atoms with Gasteiger partial charge in [-0.2, -0.15) is 0 Å². The van der Waals surface area contributed by atoms with Crippen LogP contribution >= 0.6 is 0 Å². The van der Waals surface area contributed by atoms with Crippen molar-refractivity contribution in [1.29, 1.82) is 0 Å². The van der Waals surface area contributed by atoms with Crippen LogP contribution in [0.15, 0.2) is 18.5 Å². The van der Waals surface area contributed by atoms with E-state index in [2.05, 4.69) is 15.3 Å². The van der Waals surface area contributed by atoms with Crippen molar-refractivity contribution in [1.82, 2.24) is 15.3 Å². The quantitative estimate of drug-likeness (QED) is 0.752. The molecular formula is C9H12FN3O. The van der Waals surface area contributed by atoms with Crippen molar-refractivity contribution in [3.63, 3.8) is 0 Å². The van der Waals surface area contributed by atoms with Gasteiger partial charge in [0.15, 0.2) is 0 Å². The lowest BCUT2D eigenvalue weighted by Gasteiger charge is -2.26. The minimum absolute atomic E-state index is 0.252. The molecule has 1 aromatic rings. The van der Waals surface area contributed by atoms with Crippen molar-refractivity contribution in [2.45, 2.75) is 18.7 Å². The fourth-order valence-corrected chi connectivity index (χ4v) is 1.41. The monoisotopic (exact) mass is 197 g/mol. The van der Waals surface area contributed by atoms with Crippen molar-refractivity contribution in [2.75, 3.05) is 13.1 Å². The van der Waals surface area contributed by atoms with Gasteiger partial charge in [0.1, 0.15) is 12.3 Å². The Balaban J connectivity index is 1.96. The topological polar surface area (TPSA) is 47.0 Å². The van der Waals surface area contributed by atoms with Crippen LogP contribution in [0.2, 0.25) is 0 Å². The van der Waals surface area contributed by atoms with Gasteiger partial charge in [0, 0.05) is 18.9 Å². The Morgan fingerprint density at radius 3 is 2.93 bits per heavy atom. The summed E-state index contributed by atoms with van der Waals surface area (Å²) in [6.07, 6.45) is 2.42. The summed E-state index contributed by atoms with van der Waals surface area (Å²) >= 11 is 0. The van der Waals surface area contributed by atoms with E-state index in [1.54, 1.807) is 18.5 Å². The fourth-order valence-electron chi connectivity index (χ4n) is 1.41. The van der Waals surface area contributed by atoms with Crippen LogP contribution in [0, 0.1) is 0 Å². The van der Waals surface area contributed by atoms with Gasteiger partial charge in [-0.1, -0.05) is 0 Å². The molecule has 0 saturated carbocycles. The third-order valence-corrected chi connectivity index (χ3v) is 2.15. The molecule has 76 valence electrons. The highest BCUT2D eigenvalue weighted by Gasteiger charge is 2.26. The third kappa shape index (κ3) is 2.17. The molecule has 4 nitrogen and oxygen atoms in total. The Labute approximate surface area is 81.5 Å². The molecule has 0 unspecified atom stereocenters. The Morgan fingerprint density at radius 2 is 2.21 bits per heavy atom. The lowest BCUT2D eigenvalue weighted by atomic mass is 10.1. The Bertz CT molecular complexity index is 283. The summed E-state index contributed by atoms with van der Waals surface area (Å²) in [5, 5.41) is 2.95. The number of nitrogens with zero attached hydrogens (tertiary/aromatic N) is 2. The predicted octanol–water partition coefficient (Wildman–Crippen LogP) is 0.555. The molecule has 1 aliphatic rings. The van der Waals surface area contributed by atoms with Crippen LogP contribution in [0.1, 0.15) is 6.42 Å².